The molecule has 0 fully saturated rings. The van der Waals surface area contributed by atoms with Crippen molar-refractivity contribution in [3.63, 3.8) is 0 Å². The highest BCUT2D eigenvalue weighted by Gasteiger charge is 2.30. The summed E-state index contributed by atoms with van der Waals surface area (Å²) in [4.78, 5) is 17.9. The van der Waals surface area contributed by atoms with Crippen molar-refractivity contribution in [3.05, 3.63) is 47.5 Å². The zero-order valence-electron chi connectivity index (χ0n) is 15.1. The molecule has 0 saturated heterocycles. The number of halogens is 1. The van der Waals surface area contributed by atoms with Crippen LogP contribution in [0.2, 0.25) is 5.02 Å². The highest BCUT2D eigenvalue weighted by Crippen LogP contribution is 2.29. The molecule has 0 saturated carbocycles. The van der Waals surface area contributed by atoms with E-state index in [0.717, 1.165) is 18.7 Å². The molecule has 0 spiro atoms. The molecule has 0 aliphatic heterocycles. The van der Waals surface area contributed by atoms with Crippen molar-refractivity contribution in [3.8, 4) is 0 Å². The van der Waals surface area contributed by atoms with Crippen LogP contribution < -0.4 is 0 Å². The van der Waals surface area contributed by atoms with Crippen LogP contribution >= 0.6 is 23.4 Å². The second-order valence-corrected chi connectivity index (χ2v) is 7.54. The summed E-state index contributed by atoms with van der Waals surface area (Å²) in [7, 11) is 0. The molecule has 6 nitrogen and oxygen atoms in total. The van der Waals surface area contributed by atoms with Gasteiger partial charge in [-0.05, 0) is 31.5 Å². The molecule has 0 aliphatic rings. The lowest BCUT2D eigenvalue weighted by Gasteiger charge is -2.28. The second-order valence-electron chi connectivity index (χ2n) is 6.00. The maximum atomic E-state index is 12.1. The molecule has 1 unspecified atom stereocenters. The third kappa shape index (κ3) is 5.72. The van der Waals surface area contributed by atoms with E-state index in [1.807, 2.05) is 30.9 Å². The van der Waals surface area contributed by atoms with Crippen LogP contribution in [0.1, 0.15) is 25.8 Å². The van der Waals surface area contributed by atoms with Gasteiger partial charge in [0.2, 0.25) is 5.91 Å². The van der Waals surface area contributed by atoms with E-state index in [1.165, 1.54) is 6.33 Å². The lowest BCUT2D eigenvalue weighted by molar-refractivity contribution is -0.130. The van der Waals surface area contributed by atoms with Crippen LogP contribution in [0.4, 0.5) is 0 Å². The SMILES string of the molecule is CCN(CC)C(=O)CCSCC(O)(Cn1cncn1)c1ccc(Cl)cc1. The molecule has 0 bridgehead atoms. The smallest absolute Gasteiger partial charge is 0.223 e. The largest absolute Gasteiger partial charge is 0.382 e. The molecule has 0 aliphatic carbocycles. The Bertz CT molecular complexity index is 677. The number of amides is 1. The van der Waals surface area contributed by atoms with Gasteiger partial charge in [0.25, 0.3) is 0 Å². The number of rotatable bonds is 10. The number of carbonyl (C=O) groups is 1. The average Bonchev–Trinajstić information content (AvgIpc) is 3.13. The van der Waals surface area contributed by atoms with Crippen molar-refractivity contribution < 1.29 is 9.90 Å². The Morgan fingerprint density at radius 2 is 2.00 bits per heavy atom. The first-order valence-corrected chi connectivity index (χ1v) is 10.2. The number of hydrogen-bond donors (Lipinski definition) is 1. The second kappa shape index (κ2) is 9.94. The first-order valence-electron chi connectivity index (χ1n) is 8.65. The summed E-state index contributed by atoms with van der Waals surface area (Å²) in [5.41, 5.74) is -0.360. The minimum atomic E-state index is -1.12. The van der Waals surface area contributed by atoms with Crippen LogP contribution in [-0.4, -0.2) is 55.3 Å². The molecule has 1 amide bonds. The first kappa shape index (κ1) is 20.7. The normalized spacial score (nSPS) is 13.4. The van der Waals surface area contributed by atoms with E-state index in [9.17, 15) is 9.90 Å². The zero-order chi connectivity index (χ0) is 19.0. The molecular formula is C18H25ClN4O2S. The van der Waals surface area contributed by atoms with Crippen LogP contribution in [-0.2, 0) is 16.9 Å². The summed E-state index contributed by atoms with van der Waals surface area (Å²) in [6.45, 7) is 5.69. The minimum Gasteiger partial charge on any atom is -0.382 e. The summed E-state index contributed by atoms with van der Waals surface area (Å²) < 4.78 is 1.61. The monoisotopic (exact) mass is 396 g/mol. The van der Waals surface area contributed by atoms with Gasteiger partial charge in [-0.3, -0.25) is 4.79 Å². The maximum Gasteiger partial charge on any atom is 0.223 e. The van der Waals surface area contributed by atoms with E-state index in [2.05, 4.69) is 10.1 Å². The van der Waals surface area contributed by atoms with E-state index in [0.29, 0.717) is 22.9 Å². The van der Waals surface area contributed by atoms with Crippen molar-refractivity contribution in [2.75, 3.05) is 24.6 Å². The van der Waals surface area contributed by atoms with E-state index in [1.54, 1.807) is 34.9 Å². The third-order valence-electron chi connectivity index (χ3n) is 4.19. The van der Waals surface area contributed by atoms with Gasteiger partial charge in [-0.15, -0.1) is 0 Å². The van der Waals surface area contributed by atoms with Gasteiger partial charge in [0.05, 0.1) is 6.54 Å². The summed E-state index contributed by atoms with van der Waals surface area (Å²) >= 11 is 7.52. The van der Waals surface area contributed by atoms with Crippen molar-refractivity contribution >= 4 is 29.3 Å². The van der Waals surface area contributed by atoms with Crippen molar-refractivity contribution in [1.82, 2.24) is 19.7 Å². The molecule has 1 aromatic heterocycles. The highest BCUT2D eigenvalue weighted by atomic mass is 35.5. The Hall–Kier alpha value is -1.57. The summed E-state index contributed by atoms with van der Waals surface area (Å²) in [6, 6.07) is 7.16. The summed E-state index contributed by atoms with van der Waals surface area (Å²) in [6.07, 6.45) is 3.49. The summed E-state index contributed by atoms with van der Waals surface area (Å²) in [5.74, 6) is 1.25. The van der Waals surface area contributed by atoms with E-state index in [-0.39, 0.29) is 12.5 Å². The Labute approximate surface area is 163 Å². The Morgan fingerprint density at radius 3 is 2.58 bits per heavy atom. The fourth-order valence-electron chi connectivity index (χ4n) is 2.70. The number of benzene rings is 1. The lowest BCUT2D eigenvalue weighted by atomic mass is 9.96. The maximum absolute atomic E-state index is 12.1. The van der Waals surface area contributed by atoms with Gasteiger partial charge in [0.1, 0.15) is 18.3 Å². The topological polar surface area (TPSA) is 71.2 Å². The molecule has 26 heavy (non-hydrogen) atoms. The standard InChI is InChI=1S/C18H25ClN4O2S/c1-3-22(4-2)17(24)9-10-26-12-18(25,11-23-14-20-13-21-23)15-5-7-16(19)8-6-15/h5-8,13-14,25H,3-4,9-12H2,1-2H3. The quantitative estimate of drug-likeness (QED) is 0.625. The number of carbonyl (C=O) groups excluding carboxylic acids is 1. The van der Waals surface area contributed by atoms with Crippen LogP contribution in [0.5, 0.6) is 0 Å². The number of thioether (sulfide) groups is 1. The van der Waals surface area contributed by atoms with E-state index in [4.69, 9.17) is 11.6 Å². The molecule has 1 aromatic carbocycles. The lowest BCUT2D eigenvalue weighted by Crippen LogP contribution is -2.35. The van der Waals surface area contributed by atoms with Crippen molar-refractivity contribution in [2.45, 2.75) is 32.4 Å². The zero-order valence-corrected chi connectivity index (χ0v) is 16.7. The number of aromatic nitrogens is 3. The molecule has 8 heteroatoms. The van der Waals surface area contributed by atoms with Crippen LogP contribution in [0.3, 0.4) is 0 Å². The van der Waals surface area contributed by atoms with Crippen LogP contribution in [0, 0.1) is 0 Å². The number of hydrogen-bond acceptors (Lipinski definition) is 5. The van der Waals surface area contributed by atoms with Gasteiger partial charge in [-0.2, -0.15) is 16.9 Å². The van der Waals surface area contributed by atoms with Crippen LogP contribution in [0.25, 0.3) is 0 Å². The van der Waals surface area contributed by atoms with Gasteiger partial charge in [0.15, 0.2) is 0 Å². The molecule has 1 heterocycles. The predicted octanol–water partition coefficient (Wildman–Crippen LogP) is 2.81. The summed E-state index contributed by atoms with van der Waals surface area (Å²) in [5, 5.41) is 16.0. The number of nitrogens with zero attached hydrogens (tertiary/aromatic N) is 4. The van der Waals surface area contributed by atoms with Crippen molar-refractivity contribution in [2.24, 2.45) is 0 Å². The molecule has 2 aromatic rings. The average molecular weight is 397 g/mol. The Balaban J connectivity index is 2.00. The fourth-order valence-corrected chi connectivity index (χ4v) is 3.88. The Morgan fingerprint density at radius 1 is 1.31 bits per heavy atom. The van der Waals surface area contributed by atoms with Crippen LogP contribution in [0.15, 0.2) is 36.9 Å². The third-order valence-corrected chi connectivity index (χ3v) is 5.62. The van der Waals surface area contributed by atoms with E-state index < -0.39 is 5.60 Å². The minimum absolute atomic E-state index is 0.147. The molecular weight excluding hydrogens is 372 g/mol. The molecule has 0 radical (unpaired) electrons. The number of aliphatic hydroxyl groups is 1. The van der Waals surface area contributed by atoms with Gasteiger partial charge in [-0.25, -0.2) is 9.67 Å². The van der Waals surface area contributed by atoms with E-state index >= 15 is 0 Å². The van der Waals surface area contributed by atoms with Gasteiger partial charge in [0, 0.05) is 36.0 Å². The highest BCUT2D eigenvalue weighted by molar-refractivity contribution is 7.99. The van der Waals surface area contributed by atoms with Crippen molar-refractivity contribution in [1.29, 1.82) is 0 Å². The molecule has 142 valence electrons. The predicted molar refractivity (Wildman–Crippen MR) is 105 cm³/mol. The first-order chi connectivity index (χ1) is 12.5. The Kier molecular flexibility index (Phi) is 7.93. The van der Waals surface area contributed by atoms with Gasteiger partial charge in [-0.1, -0.05) is 23.7 Å². The van der Waals surface area contributed by atoms with Gasteiger partial charge >= 0.3 is 0 Å². The fraction of sp³-hybridized carbons (Fsp3) is 0.500. The van der Waals surface area contributed by atoms with Gasteiger partial charge < -0.3 is 10.0 Å². The molecule has 1 N–H and O–H groups in total. The molecule has 1 atom stereocenters. The molecule has 2 rings (SSSR count).